The van der Waals surface area contributed by atoms with Crippen LogP contribution >= 0.6 is 22.9 Å². The molecule has 0 atom stereocenters. The van der Waals surface area contributed by atoms with E-state index in [1.807, 2.05) is 5.38 Å². The van der Waals surface area contributed by atoms with Crippen LogP contribution in [0.3, 0.4) is 0 Å². The van der Waals surface area contributed by atoms with Crippen molar-refractivity contribution in [3.63, 3.8) is 0 Å². The zero-order valence-electron chi connectivity index (χ0n) is 14.7. The Hall–Kier alpha value is -1.93. The van der Waals surface area contributed by atoms with E-state index in [4.69, 9.17) is 11.6 Å². The Morgan fingerprint density at radius 1 is 1.31 bits per heavy atom. The van der Waals surface area contributed by atoms with Crippen LogP contribution in [-0.2, 0) is 13.1 Å². The number of guanidine groups is 1. The van der Waals surface area contributed by atoms with Crippen LogP contribution in [0, 0.1) is 0 Å². The van der Waals surface area contributed by atoms with Gasteiger partial charge in [-0.3, -0.25) is 4.99 Å². The third-order valence-corrected chi connectivity index (χ3v) is 4.58. The fraction of sp³-hybridized carbons (Fsp3) is 0.412. The first-order valence-electron chi connectivity index (χ1n) is 8.01. The lowest BCUT2D eigenvalue weighted by Gasteiger charge is -2.14. The van der Waals surface area contributed by atoms with E-state index in [0.29, 0.717) is 29.0 Å². The molecule has 1 aromatic heterocycles. The highest BCUT2D eigenvalue weighted by Crippen LogP contribution is 2.24. The largest absolute Gasteiger partial charge is 0.434 e. The van der Waals surface area contributed by atoms with E-state index < -0.39 is 6.61 Å². The Balaban J connectivity index is 1.95. The molecule has 142 valence electrons. The van der Waals surface area contributed by atoms with Crippen LogP contribution in [0.25, 0.3) is 0 Å². The van der Waals surface area contributed by atoms with Gasteiger partial charge in [0, 0.05) is 29.6 Å². The van der Waals surface area contributed by atoms with E-state index >= 15 is 0 Å². The molecule has 2 N–H and O–H groups in total. The Kier molecular flexibility index (Phi) is 7.59. The number of aromatic nitrogens is 1. The highest BCUT2D eigenvalue weighted by Gasteiger charge is 2.11. The van der Waals surface area contributed by atoms with Crippen molar-refractivity contribution in [2.75, 3.05) is 7.05 Å². The molecule has 0 aliphatic heterocycles. The monoisotopic (exact) mass is 402 g/mol. The minimum atomic E-state index is -2.90. The van der Waals surface area contributed by atoms with Gasteiger partial charge in [0.15, 0.2) is 5.96 Å². The minimum Gasteiger partial charge on any atom is -0.434 e. The molecule has 2 aromatic rings. The van der Waals surface area contributed by atoms with E-state index in [0.717, 1.165) is 10.7 Å². The highest BCUT2D eigenvalue weighted by atomic mass is 35.5. The Morgan fingerprint density at radius 2 is 2.04 bits per heavy atom. The SMILES string of the molecule is CN=C(NCc1nc(C(C)C)cs1)NCc1cc(Cl)ccc1OC(F)F. The first-order valence-corrected chi connectivity index (χ1v) is 9.27. The maximum atomic E-state index is 12.5. The van der Waals surface area contributed by atoms with E-state index in [1.165, 1.54) is 12.1 Å². The van der Waals surface area contributed by atoms with Crippen molar-refractivity contribution in [3.05, 3.63) is 44.9 Å². The van der Waals surface area contributed by atoms with Gasteiger partial charge in [-0.25, -0.2) is 4.98 Å². The van der Waals surface area contributed by atoms with Gasteiger partial charge in [0.25, 0.3) is 0 Å². The van der Waals surface area contributed by atoms with E-state index in [1.54, 1.807) is 24.5 Å². The average molecular weight is 403 g/mol. The number of alkyl halides is 2. The van der Waals surface area contributed by atoms with Gasteiger partial charge in [-0.2, -0.15) is 8.78 Å². The normalized spacial score (nSPS) is 11.9. The number of benzene rings is 1. The second kappa shape index (κ2) is 9.68. The zero-order chi connectivity index (χ0) is 19.1. The Bertz CT molecular complexity index is 752. The summed E-state index contributed by atoms with van der Waals surface area (Å²) >= 11 is 7.53. The average Bonchev–Trinajstić information content (AvgIpc) is 3.06. The third kappa shape index (κ3) is 6.10. The summed E-state index contributed by atoms with van der Waals surface area (Å²) in [5.74, 6) is 0.983. The summed E-state index contributed by atoms with van der Waals surface area (Å²) in [5.41, 5.74) is 1.57. The van der Waals surface area contributed by atoms with Gasteiger partial charge in [-0.05, 0) is 24.1 Å². The molecule has 0 radical (unpaired) electrons. The molecule has 0 fully saturated rings. The van der Waals surface area contributed by atoms with Crippen LogP contribution in [0.1, 0.15) is 36.0 Å². The van der Waals surface area contributed by atoms with Crippen LogP contribution < -0.4 is 15.4 Å². The lowest BCUT2D eigenvalue weighted by Crippen LogP contribution is -2.36. The molecule has 26 heavy (non-hydrogen) atoms. The van der Waals surface area contributed by atoms with Crippen molar-refractivity contribution in [2.24, 2.45) is 4.99 Å². The van der Waals surface area contributed by atoms with Crippen molar-refractivity contribution in [2.45, 2.75) is 39.5 Å². The Morgan fingerprint density at radius 3 is 2.65 bits per heavy atom. The lowest BCUT2D eigenvalue weighted by atomic mass is 10.2. The fourth-order valence-electron chi connectivity index (χ4n) is 2.13. The van der Waals surface area contributed by atoms with Crippen LogP contribution in [0.4, 0.5) is 8.78 Å². The van der Waals surface area contributed by atoms with Crippen molar-refractivity contribution in [1.29, 1.82) is 0 Å². The van der Waals surface area contributed by atoms with Crippen molar-refractivity contribution >= 4 is 28.9 Å². The summed E-state index contributed by atoms with van der Waals surface area (Å²) in [5, 5.41) is 9.63. The summed E-state index contributed by atoms with van der Waals surface area (Å²) < 4.78 is 29.6. The molecule has 0 saturated carbocycles. The lowest BCUT2D eigenvalue weighted by molar-refractivity contribution is -0.0504. The second-order valence-corrected chi connectivity index (χ2v) is 7.11. The van der Waals surface area contributed by atoms with E-state index in [9.17, 15) is 8.78 Å². The van der Waals surface area contributed by atoms with Crippen molar-refractivity contribution < 1.29 is 13.5 Å². The van der Waals surface area contributed by atoms with Gasteiger partial charge in [0.2, 0.25) is 0 Å². The predicted octanol–water partition coefficient (Wildman–Crippen LogP) is 4.39. The number of hydrogen-bond acceptors (Lipinski definition) is 4. The second-order valence-electron chi connectivity index (χ2n) is 5.73. The molecule has 0 aliphatic carbocycles. The summed E-state index contributed by atoms with van der Waals surface area (Å²) in [6, 6.07) is 4.50. The van der Waals surface area contributed by atoms with Crippen LogP contribution in [0.5, 0.6) is 5.75 Å². The van der Waals surface area contributed by atoms with E-state index in [2.05, 4.69) is 39.2 Å². The van der Waals surface area contributed by atoms with Gasteiger partial charge in [-0.15, -0.1) is 11.3 Å². The van der Waals surface area contributed by atoms with E-state index in [-0.39, 0.29) is 12.3 Å². The van der Waals surface area contributed by atoms with Gasteiger partial charge in [-0.1, -0.05) is 25.4 Å². The smallest absolute Gasteiger partial charge is 0.387 e. The summed E-state index contributed by atoms with van der Waals surface area (Å²) in [6.07, 6.45) is 0. The number of rotatable bonds is 7. The van der Waals surface area contributed by atoms with Gasteiger partial charge in [0.05, 0.1) is 12.2 Å². The number of nitrogens with one attached hydrogen (secondary N) is 2. The number of thiazole rings is 1. The number of ether oxygens (including phenoxy) is 1. The molecule has 0 amide bonds. The number of aliphatic imine (C=N–C) groups is 1. The highest BCUT2D eigenvalue weighted by molar-refractivity contribution is 7.09. The molecule has 0 saturated heterocycles. The summed E-state index contributed by atoms with van der Waals surface area (Å²) in [7, 11) is 1.63. The molecule has 1 heterocycles. The molecule has 1 aromatic carbocycles. The first kappa shape index (κ1) is 20.4. The molecule has 9 heteroatoms. The minimum absolute atomic E-state index is 0.0776. The fourth-order valence-corrected chi connectivity index (χ4v) is 3.22. The van der Waals surface area contributed by atoms with Crippen LogP contribution in [-0.4, -0.2) is 24.6 Å². The predicted molar refractivity (Wildman–Crippen MR) is 101 cm³/mol. The van der Waals surface area contributed by atoms with Crippen LogP contribution in [0.2, 0.25) is 5.02 Å². The standard InChI is InChI=1S/C17H21ClF2N4OS/c1-10(2)13-9-26-15(24-13)8-23-17(21-3)22-7-11-6-12(18)4-5-14(11)25-16(19)20/h4-6,9-10,16H,7-8H2,1-3H3,(H2,21,22,23). The third-order valence-electron chi connectivity index (χ3n) is 3.48. The molecule has 2 rings (SSSR count). The quantitative estimate of drug-likeness (QED) is 0.532. The molecule has 0 aliphatic rings. The molecular formula is C17H21ClF2N4OS. The maximum Gasteiger partial charge on any atom is 0.387 e. The summed E-state index contributed by atoms with van der Waals surface area (Å²) in [6.45, 7) is 2.05. The molecular weight excluding hydrogens is 382 g/mol. The Labute approximate surface area is 160 Å². The van der Waals surface area contributed by atoms with Gasteiger partial charge >= 0.3 is 6.61 Å². The zero-order valence-corrected chi connectivity index (χ0v) is 16.3. The molecule has 0 unspecified atom stereocenters. The molecule has 0 bridgehead atoms. The van der Waals surface area contributed by atoms with Gasteiger partial charge < -0.3 is 15.4 Å². The van der Waals surface area contributed by atoms with Crippen molar-refractivity contribution in [1.82, 2.24) is 15.6 Å². The van der Waals surface area contributed by atoms with Crippen molar-refractivity contribution in [3.8, 4) is 5.75 Å². The number of halogens is 3. The maximum absolute atomic E-state index is 12.5. The molecule has 0 spiro atoms. The first-order chi connectivity index (χ1) is 12.4. The topological polar surface area (TPSA) is 58.5 Å². The number of nitrogens with zero attached hydrogens (tertiary/aromatic N) is 2. The van der Waals surface area contributed by atoms with Gasteiger partial charge in [0.1, 0.15) is 10.8 Å². The summed E-state index contributed by atoms with van der Waals surface area (Å²) in [4.78, 5) is 8.67. The number of hydrogen-bond donors (Lipinski definition) is 2. The van der Waals surface area contributed by atoms with Crippen LogP contribution in [0.15, 0.2) is 28.6 Å². The molecule has 5 nitrogen and oxygen atoms in total.